The maximum atomic E-state index is 14.0. The molecular formula is C47H52N4O6. The van der Waals surface area contributed by atoms with Crippen LogP contribution in [0.1, 0.15) is 47.7 Å². The topological polar surface area (TPSA) is 89.2 Å². The summed E-state index contributed by atoms with van der Waals surface area (Å²) in [6, 6.07) is 28.8. The Morgan fingerprint density at radius 1 is 0.930 bits per heavy atom. The number of aryl methyl sites for hydroxylation is 2. The minimum Gasteiger partial charge on any atom is -0.493 e. The Kier molecular flexibility index (Phi) is 13.0. The van der Waals surface area contributed by atoms with Crippen molar-refractivity contribution in [1.82, 2.24) is 14.3 Å². The standard InChI is InChI=1S/C47H52N4O6/c1-5-8-25-51-45-38(39(46(51)47(52)55-7-3)19-13-29-56-43-20-11-15-34-14-9-10-16-37(34)43)17-12-18-40(45)44-41(48-49(4)42(44)33-54-28-6-2)32-57-36-23-21-35(22-24-36)50-26-30-53-31-27-50/h5-6,8-12,14-18,20-24H,2,7,13,19,25-33H2,1,3-4H3/b8-5-. The number of carbonyl (C=O) groups excluding carboxylic acids is 1. The molecule has 4 aromatic carbocycles. The van der Waals surface area contributed by atoms with E-state index in [0.29, 0.717) is 44.9 Å². The summed E-state index contributed by atoms with van der Waals surface area (Å²) < 4.78 is 34.1. The number of hydrogen-bond donors (Lipinski definition) is 0. The smallest absolute Gasteiger partial charge is 0.355 e. The highest BCUT2D eigenvalue weighted by Gasteiger charge is 2.28. The number of benzene rings is 4. The van der Waals surface area contributed by atoms with Crippen LogP contribution in [0.25, 0.3) is 32.8 Å². The summed E-state index contributed by atoms with van der Waals surface area (Å²) in [5, 5.41) is 8.20. The Hall–Kier alpha value is -5.84. The molecule has 0 spiro atoms. The van der Waals surface area contributed by atoms with Crippen molar-refractivity contribution in [1.29, 1.82) is 0 Å². The van der Waals surface area contributed by atoms with E-state index in [1.54, 1.807) is 6.08 Å². The molecule has 6 aromatic rings. The number of aromatic nitrogens is 3. The third kappa shape index (κ3) is 8.77. The third-order valence-corrected chi connectivity index (χ3v) is 10.3. The molecular weight excluding hydrogens is 717 g/mol. The normalized spacial score (nSPS) is 13.1. The van der Waals surface area contributed by atoms with Crippen molar-refractivity contribution < 1.29 is 28.5 Å². The van der Waals surface area contributed by atoms with Gasteiger partial charge in [0, 0.05) is 54.3 Å². The number of esters is 1. The Balaban J connectivity index is 1.27. The predicted octanol–water partition coefficient (Wildman–Crippen LogP) is 9.08. The average molecular weight is 769 g/mol. The van der Waals surface area contributed by atoms with Crippen molar-refractivity contribution >= 4 is 33.3 Å². The summed E-state index contributed by atoms with van der Waals surface area (Å²) in [4.78, 5) is 16.3. The summed E-state index contributed by atoms with van der Waals surface area (Å²) in [5.41, 5.74) is 7.07. The van der Waals surface area contributed by atoms with Crippen molar-refractivity contribution in [3.63, 3.8) is 0 Å². The first kappa shape index (κ1) is 39.4. The fourth-order valence-electron chi connectivity index (χ4n) is 7.68. The fourth-order valence-corrected chi connectivity index (χ4v) is 7.68. The summed E-state index contributed by atoms with van der Waals surface area (Å²) in [5.74, 6) is 1.25. The maximum Gasteiger partial charge on any atom is 0.355 e. The molecule has 57 heavy (non-hydrogen) atoms. The highest BCUT2D eigenvalue weighted by molar-refractivity contribution is 6.05. The van der Waals surface area contributed by atoms with Gasteiger partial charge in [-0.2, -0.15) is 5.10 Å². The monoisotopic (exact) mass is 768 g/mol. The van der Waals surface area contributed by atoms with Crippen molar-refractivity contribution in [3.8, 4) is 22.6 Å². The summed E-state index contributed by atoms with van der Waals surface area (Å²) in [6.07, 6.45) is 7.11. The Labute approximate surface area is 334 Å². The number of para-hydroxylation sites is 1. The fraction of sp³-hybridized carbons (Fsp3) is 0.319. The summed E-state index contributed by atoms with van der Waals surface area (Å²) in [7, 11) is 1.93. The van der Waals surface area contributed by atoms with Crippen molar-refractivity contribution in [2.45, 2.75) is 46.4 Å². The van der Waals surface area contributed by atoms with Crippen molar-refractivity contribution in [3.05, 3.63) is 132 Å². The van der Waals surface area contributed by atoms with Gasteiger partial charge in [-0.1, -0.05) is 72.8 Å². The van der Waals surface area contributed by atoms with Crippen LogP contribution in [0.5, 0.6) is 11.5 Å². The molecule has 0 amide bonds. The molecule has 0 atom stereocenters. The van der Waals surface area contributed by atoms with Crippen LogP contribution in [0.15, 0.2) is 110 Å². The number of fused-ring (bicyclic) bond motifs is 2. The van der Waals surface area contributed by atoms with E-state index in [1.165, 1.54) is 0 Å². The van der Waals surface area contributed by atoms with E-state index in [0.717, 1.165) is 93.2 Å². The van der Waals surface area contributed by atoms with Gasteiger partial charge in [-0.05, 0) is 68.0 Å². The van der Waals surface area contributed by atoms with Crippen molar-refractivity contribution in [2.75, 3.05) is 51.0 Å². The lowest BCUT2D eigenvalue weighted by atomic mass is 9.98. The van der Waals surface area contributed by atoms with Gasteiger partial charge in [-0.3, -0.25) is 4.68 Å². The average Bonchev–Trinajstić information content (AvgIpc) is 3.74. The maximum absolute atomic E-state index is 14.0. The molecule has 10 heteroatoms. The van der Waals surface area contributed by atoms with Gasteiger partial charge in [0.2, 0.25) is 0 Å². The molecule has 1 saturated heterocycles. The predicted molar refractivity (Wildman–Crippen MR) is 226 cm³/mol. The molecule has 1 fully saturated rings. The van der Waals surface area contributed by atoms with E-state index < -0.39 is 0 Å². The van der Waals surface area contributed by atoms with Gasteiger partial charge in [-0.25, -0.2) is 4.79 Å². The van der Waals surface area contributed by atoms with Gasteiger partial charge in [0.05, 0.1) is 50.9 Å². The molecule has 1 aliphatic heterocycles. The Morgan fingerprint density at radius 3 is 2.49 bits per heavy atom. The summed E-state index contributed by atoms with van der Waals surface area (Å²) in [6.45, 7) is 13.0. The molecule has 0 bridgehead atoms. The zero-order chi connectivity index (χ0) is 39.6. The van der Waals surface area contributed by atoms with Crippen LogP contribution in [0.3, 0.4) is 0 Å². The number of anilines is 1. The van der Waals surface area contributed by atoms with Gasteiger partial charge in [0.15, 0.2) is 0 Å². The molecule has 0 unspecified atom stereocenters. The van der Waals surface area contributed by atoms with Crippen molar-refractivity contribution in [2.24, 2.45) is 7.05 Å². The molecule has 296 valence electrons. The van der Waals surface area contributed by atoms with E-state index in [4.69, 9.17) is 28.8 Å². The molecule has 0 radical (unpaired) electrons. The number of hydrogen-bond acceptors (Lipinski definition) is 8. The first-order valence-electron chi connectivity index (χ1n) is 19.8. The molecule has 2 aromatic heterocycles. The molecule has 0 aliphatic carbocycles. The first-order valence-corrected chi connectivity index (χ1v) is 19.8. The highest BCUT2D eigenvalue weighted by Crippen LogP contribution is 2.39. The molecule has 0 saturated carbocycles. The van der Waals surface area contributed by atoms with Gasteiger partial charge < -0.3 is 33.2 Å². The second-order valence-corrected chi connectivity index (χ2v) is 13.9. The lowest BCUT2D eigenvalue weighted by Gasteiger charge is -2.28. The lowest BCUT2D eigenvalue weighted by Crippen LogP contribution is -2.36. The van der Waals surface area contributed by atoms with Crippen LogP contribution >= 0.6 is 0 Å². The van der Waals surface area contributed by atoms with Crippen LogP contribution < -0.4 is 14.4 Å². The van der Waals surface area contributed by atoms with Gasteiger partial charge in [0.25, 0.3) is 0 Å². The SMILES string of the molecule is C=CCOCc1c(-c2cccc3c(CCCOc4cccc5ccccc45)c(C(=O)OCC)n(C/C=C\C)c23)c(COc2ccc(N3CCOCC3)cc2)nn1C. The quantitative estimate of drug-likeness (QED) is 0.0487. The lowest BCUT2D eigenvalue weighted by molar-refractivity contribution is 0.0513. The van der Waals surface area contributed by atoms with Crippen LogP contribution in [0.4, 0.5) is 5.69 Å². The van der Waals surface area contributed by atoms with Crippen LogP contribution in [0, 0.1) is 0 Å². The minimum absolute atomic E-state index is 0.233. The Morgan fingerprint density at radius 2 is 1.70 bits per heavy atom. The van der Waals surface area contributed by atoms with Crippen LogP contribution in [-0.2, 0) is 47.4 Å². The summed E-state index contributed by atoms with van der Waals surface area (Å²) >= 11 is 0. The minimum atomic E-state index is -0.348. The third-order valence-electron chi connectivity index (χ3n) is 10.3. The zero-order valence-corrected chi connectivity index (χ0v) is 33.2. The largest absolute Gasteiger partial charge is 0.493 e. The molecule has 0 N–H and O–H groups in total. The molecule has 1 aliphatic rings. The molecule has 7 rings (SSSR count). The molecule has 3 heterocycles. The molecule has 10 nitrogen and oxygen atoms in total. The van der Waals surface area contributed by atoms with E-state index >= 15 is 0 Å². The number of carbonyl (C=O) groups is 1. The Bertz CT molecular complexity index is 2330. The zero-order valence-electron chi connectivity index (χ0n) is 33.2. The van der Waals surface area contributed by atoms with E-state index in [-0.39, 0.29) is 19.2 Å². The van der Waals surface area contributed by atoms with Crippen LogP contribution in [-0.4, -0.2) is 66.4 Å². The number of allylic oxidation sites excluding steroid dienone is 2. The van der Waals surface area contributed by atoms with E-state index in [9.17, 15) is 4.79 Å². The second-order valence-electron chi connectivity index (χ2n) is 13.9. The first-order chi connectivity index (χ1) is 28.0. The number of ether oxygens (including phenoxy) is 5. The number of morpholine rings is 1. The van der Waals surface area contributed by atoms with E-state index in [2.05, 4.69) is 70.7 Å². The van der Waals surface area contributed by atoms with Crippen LogP contribution in [0.2, 0.25) is 0 Å². The van der Waals surface area contributed by atoms with Gasteiger partial charge >= 0.3 is 5.97 Å². The van der Waals surface area contributed by atoms with Gasteiger partial charge in [0.1, 0.15) is 29.5 Å². The highest BCUT2D eigenvalue weighted by atomic mass is 16.5. The van der Waals surface area contributed by atoms with E-state index in [1.807, 2.05) is 68.1 Å². The van der Waals surface area contributed by atoms with Gasteiger partial charge in [-0.15, -0.1) is 6.58 Å². The second kappa shape index (κ2) is 18.9. The number of rotatable bonds is 18. The number of nitrogens with zero attached hydrogens (tertiary/aromatic N) is 4.